The van der Waals surface area contributed by atoms with E-state index in [0.717, 1.165) is 49.6 Å². The van der Waals surface area contributed by atoms with Gasteiger partial charge in [-0.2, -0.15) is 5.10 Å². The first-order valence-electron chi connectivity index (χ1n) is 10.2. The van der Waals surface area contributed by atoms with Gasteiger partial charge in [-0.05, 0) is 49.6 Å². The summed E-state index contributed by atoms with van der Waals surface area (Å²) in [6, 6.07) is 11.1. The molecule has 29 heavy (non-hydrogen) atoms. The van der Waals surface area contributed by atoms with Crippen molar-refractivity contribution in [2.45, 2.75) is 38.3 Å². The molecule has 154 valence electrons. The van der Waals surface area contributed by atoms with Crippen LogP contribution in [0.3, 0.4) is 0 Å². The van der Waals surface area contributed by atoms with Crippen molar-refractivity contribution in [1.82, 2.24) is 9.91 Å². The zero-order valence-corrected chi connectivity index (χ0v) is 17.3. The minimum atomic E-state index is -0.218. The summed E-state index contributed by atoms with van der Waals surface area (Å²) in [5.41, 5.74) is 1.84. The molecule has 0 aliphatic carbocycles. The monoisotopic (exact) mass is 415 g/mol. The Bertz CT molecular complexity index is 843. The smallest absolute Gasteiger partial charge is 0.257 e. The van der Waals surface area contributed by atoms with Gasteiger partial charge in [0.25, 0.3) is 5.91 Å². The topological polar surface area (TPSA) is 58.3 Å². The van der Waals surface area contributed by atoms with E-state index in [1.807, 2.05) is 43.3 Å². The van der Waals surface area contributed by atoms with Crippen molar-refractivity contribution in [2.75, 3.05) is 26.2 Å². The Morgan fingerprint density at radius 1 is 1.24 bits per heavy atom. The molecule has 4 rings (SSSR count). The molecule has 2 aliphatic heterocycles. The molecule has 3 heterocycles. The summed E-state index contributed by atoms with van der Waals surface area (Å²) in [4.78, 5) is 15.3. The summed E-state index contributed by atoms with van der Waals surface area (Å²) in [5.74, 6) is 0.742. The Balaban J connectivity index is 1.47. The van der Waals surface area contributed by atoms with Crippen LogP contribution in [0.2, 0.25) is 5.02 Å². The molecule has 1 aromatic heterocycles. The van der Waals surface area contributed by atoms with Gasteiger partial charge >= 0.3 is 0 Å². The molecular weight excluding hydrogens is 390 g/mol. The van der Waals surface area contributed by atoms with E-state index >= 15 is 0 Å². The van der Waals surface area contributed by atoms with E-state index in [-0.39, 0.29) is 11.9 Å². The molecular formula is C22H26ClN3O3. The van der Waals surface area contributed by atoms with Gasteiger partial charge in [0.15, 0.2) is 0 Å². The summed E-state index contributed by atoms with van der Waals surface area (Å²) in [5, 5.41) is 6.95. The Kier molecular flexibility index (Phi) is 6.33. The first kappa shape index (κ1) is 20.1. The molecule has 2 aliphatic rings. The third-order valence-corrected chi connectivity index (χ3v) is 5.76. The second kappa shape index (κ2) is 9.11. The number of carbonyl (C=O) groups is 1. The highest BCUT2D eigenvalue weighted by atomic mass is 35.5. The van der Waals surface area contributed by atoms with Crippen molar-refractivity contribution >= 4 is 23.2 Å². The lowest BCUT2D eigenvalue weighted by atomic mass is 10.0. The Labute approximate surface area is 176 Å². The number of rotatable bonds is 6. The van der Waals surface area contributed by atoms with E-state index in [1.54, 1.807) is 11.3 Å². The zero-order valence-electron chi connectivity index (χ0n) is 16.6. The first-order valence-corrected chi connectivity index (χ1v) is 10.5. The van der Waals surface area contributed by atoms with Crippen LogP contribution in [0.25, 0.3) is 0 Å². The maximum absolute atomic E-state index is 13.1. The third-order valence-electron chi connectivity index (χ3n) is 5.51. The maximum atomic E-state index is 13.1. The lowest BCUT2D eigenvalue weighted by Crippen LogP contribution is -2.43. The number of carbonyl (C=O) groups excluding carboxylic acids is 1. The van der Waals surface area contributed by atoms with Gasteiger partial charge in [0, 0.05) is 31.1 Å². The Morgan fingerprint density at radius 2 is 2.00 bits per heavy atom. The highest BCUT2D eigenvalue weighted by Crippen LogP contribution is 2.33. The van der Waals surface area contributed by atoms with Gasteiger partial charge in [-0.25, -0.2) is 5.01 Å². The lowest BCUT2D eigenvalue weighted by molar-refractivity contribution is -0.135. The number of ether oxygens (including phenoxy) is 1. The normalized spacial score (nSPS) is 20.8. The van der Waals surface area contributed by atoms with Crippen LogP contribution in [0.15, 0.2) is 52.2 Å². The molecule has 7 heteroatoms. The Morgan fingerprint density at radius 3 is 2.66 bits per heavy atom. The molecule has 0 saturated carbocycles. The summed E-state index contributed by atoms with van der Waals surface area (Å²) >= 11 is 6.01. The van der Waals surface area contributed by atoms with Crippen LogP contribution in [0.5, 0.6) is 0 Å². The van der Waals surface area contributed by atoms with Crippen LogP contribution < -0.4 is 0 Å². The lowest BCUT2D eigenvalue weighted by Gasteiger charge is -2.32. The van der Waals surface area contributed by atoms with Crippen LogP contribution in [-0.4, -0.2) is 53.9 Å². The van der Waals surface area contributed by atoms with Crippen molar-refractivity contribution < 1.29 is 13.9 Å². The number of hydrazone groups is 1. The summed E-state index contributed by atoms with van der Waals surface area (Å²) in [6.45, 7) is 4.85. The highest BCUT2D eigenvalue weighted by molar-refractivity contribution is 6.30. The van der Waals surface area contributed by atoms with Gasteiger partial charge in [-0.15, -0.1) is 0 Å². The molecule has 0 spiro atoms. The number of hydrogen-bond acceptors (Lipinski definition) is 5. The maximum Gasteiger partial charge on any atom is 0.257 e. The van der Waals surface area contributed by atoms with Crippen LogP contribution >= 0.6 is 11.6 Å². The van der Waals surface area contributed by atoms with Crippen molar-refractivity contribution in [3.63, 3.8) is 0 Å². The summed E-state index contributed by atoms with van der Waals surface area (Å²) in [7, 11) is 0. The molecule has 6 nitrogen and oxygen atoms in total. The van der Waals surface area contributed by atoms with E-state index in [4.69, 9.17) is 20.8 Å². The molecule has 0 bridgehead atoms. The fraction of sp³-hybridized carbons (Fsp3) is 0.455. The average Bonchev–Trinajstić information content (AvgIpc) is 3.40. The van der Waals surface area contributed by atoms with E-state index in [2.05, 4.69) is 10.0 Å². The second-order valence-electron chi connectivity index (χ2n) is 7.46. The third kappa shape index (κ3) is 4.71. The van der Waals surface area contributed by atoms with E-state index in [0.29, 0.717) is 24.1 Å². The number of amides is 1. The van der Waals surface area contributed by atoms with E-state index in [1.165, 1.54) is 0 Å². The molecule has 0 N–H and O–H groups in total. The fourth-order valence-electron chi connectivity index (χ4n) is 3.99. The van der Waals surface area contributed by atoms with Crippen LogP contribution in [0, 0.1) is 0 Å². The van der Waals surface area contributed by atoms with E-state index in [9.17, 15) is 4.79 Å². The number of piperidine rings is 1. The fourth-order valence-corrected chi connectivity index (χ4v) is 4.12. The quantitative estimate of drug-likeness (QED) is 0.712. The minimum absolute atomic E-state index is 0.00905. The number of halogens is 1. The average molecular weight is 416 g/mol. The largest absolute Gasteiger partial charge is 0.467 e. The van der Waals surface area contributed by atoms with Crippen molar-refractivity contribution in [1.29, 1.82) is 0 Å². The van der Waals surface area contributed by atoms with E-state index < -0.39 is 0 Å². The standard InChI is InChI=1S/C22H26ClN3O3/c1-2-28-18-9-11-25(12-10-18)15-22(27)26-20(21-4-3-13-29-21)14-19(24-26)16-5-7-17(23)8-6-16/h3-8,13,18,20H,2,9-12,14-15H2,1H3. The predicted molar refractivity (Wildman–Crippen MR) is 112 cm³/mol. The molecule has 0 radical (unpaired) electrons. The predicted octanol–water partition coefficient (Wildman–Crippen LogP) is 4.11. The number of hydrogen-bond donors (Lipinski definition) is 0. The molecule has 1 aromatic carbocycles. The molecule has 2 aromatic rings. The van der Waals surface area contributed by atoms with Crippen molar-refractivity contribution in [3.05, 3.63) is 59.0 Å². The van der Waals surface area contributed by atoms with Gasteiger partial charge in [-0.3, -0.25) is 9.69 Å². The molecule has 1 fully saturated rings. The number of likely N-dealkylation sites (tertiary alicyclic amines) is 1. The number of benzene rings is 1. The van der Waals surface area contributed by atoms with Gasteiger partial charge in [0.2, 0.25) is 0 Å². The zero-order chi connectivity index (χ0) is 20.2. The number of nitrogens with zero attached hydrogens (tertiary/aromatic N) is 3. The van der Waals surface area contributed by atoms with Gasteiger partial charge in [0.05, 0.1) is 24.6 Å². The molecule has 1 saturated heterocycles. The molecule has 1 amide bonds. The minimum Gasteiger partial charge on any atom is -0.467 e. The van der Waals surface area contributed by atoms with Crippen LogP contribution in [0.1, 0.15) is 43.6 Å². The summed E-state index contributed by atoms with van der Waals surface area (Å²) < 4.78 is 11.3. The molecule has 1 unspecified atom stereocenters. The second-order valence-corrected chi connectivity index (χ2v) is 7.89. The van der Waals surface area contributed by atoms with Crippen molar-refractivity contribution in [2.24, 2.45) is 5.10 Å². The van der Waals surface area contributed by atoms with Gasteiger partial charge in [-0.1, -0.05) is 23.7 Å². The van der Waals surface area contributed by atoms with Crippen LogP contribution in [-0.2, 0) is 9.53 Å². The number of furan rings is 1. The highest BCUT2D eigenvalue weighted by Gasteiger charge is 2.35. The van der Waals surface area contributed by atoms with Crippen molar-refractivity contribution in [3.8, 4) is 0 Å². The Hall–Kier alpha value is -2.15. The van der Waals surface area contributed by atoms with Gasteiger partial charge in [0.1, 0.15) is 11.8 Å². The first-order chi connectivity index (χ1) is 14.1. The molecule has 1 atom stereocenters. The van der Waals surface area contributed by atoms with Gasteiger partial charge < -0.3 is 9.15 Å². The van der Waals surface area contributed by atoms with Crippen LogP contribution in [0.4, 0.5) is 0 Å². The summed E-state index contributed by atoms with van der Waals surface area (Å²) in [6.07, 6.45) is 4.48. The SMILES string of the molecule is CCOC1CCN(CC(=O)N2N=C(c3ccc(Cl)cc3)CC2c2ccco2)CC1.